The number of hydrogen-bond acceptors (Lipinski definition) is 5. The molecule has 0 spiro atoms. The van der Waals surface area contributed by atoms with E-state index in [1.54, 1.807) is 38.2 Å². The lowest BCUT2D eigenvalue weighted by molar-refractivity contribution is 0.0916. The Labute approximate surface area is 247 Å². The molecular formula is C32H33F3N4O4. The molecule has 1 aliphatic rings. The number of fused-ring (bicyclic) bond motifs is 1. The van der Waals surface area contributed by atoms with E-state index in [1.165, 1.54) is 23.5 Å². The molecule has 0 aliphatic heterocycles. The van der Waals surface area contributed by atoms with Crippen LogP contribution in [0, 0.1) is 25.5 Å². The lowest BCUT2D eigenvalue weighted by Crippen LogP contribution is -2.55. The van der Waals surface area contributed by atoms with Crippen molar-refractivity contribution >= 4 is 17.6 Å². The number of nitrogens with one attached hydrogen (secondary N) is 2. The van der Waals surface area contributed by atoms with E-state index in [2.05, 4.69) is 15.6 Å². The van der Waals surface area contributed by atoms with Crippen molar-refractivity contribution in [2.75, 3.05) is 13.2 Å². The molecule has 1 fully saturated rings. The van der Waals surface area contributed by atoms with Gasteiger partial charge in [0.1, 0.15) is 37.2 Å². The molecule has 226 valence electrons. The number of hydrogen-bond donors (Lipinski definition) is 2. The lowest BCUT2D eigenvalue weighted by Gasteiger charge is -2.27. The summed E-state index contributed by atoms with van der Waals surface area (Å²) >= 11 is 0. The normalized spacial score (nSPS) is 14.3. The predicted octanol–water partition coefficient (Wildman–Crippen LogP) is 6.07. The number of amides is 2. The van der Waals surface area contributed by atoms with E-state index in [9.17, 15) is 18.4 Å². The molecule has 1 saturated carbocycles. The maximum absolute atomic E-state index is 15.0. The molecule has 8 nitrogen and oxygen atoms in total. The molecule has 2 aromatic heterocycles. The number of imidazole rings is 1. The summed E-state index contributed by atoms with van der Waals surface area (Å²) in [7, 11) is 0. The maximum atomic E-state index is 15.0. The van der Waals surface area contributed by atoms with Gasteiger partial charge in [-0.05, 0) is 68.4 Å². The van der Waals surface area contributed by atoms with Gasteiger partial charge in [0.25, 0.3) is 5.91 Å². The molecule has 43 heavy (non-hydrogen) atoms. The number of carbonyl (C=O) groups excluding carboxylic acids is 2. The van der Waals surface area contributed by atoms with Crippen LogP contribution in [0.25, 0.3) is 5.65 Å². The Morgan fingerprint density at radius 2 is 1.84 bits per heavy atom. The predicted molar refractivity (Wildman–Crippen MR) is 154 cm³/mol. The van der Waals surface area contributed by atoms with E-state index in [1.807, 2.05) is 18.2 Å². The minimum atomic E-state index is -1.44. The molecule has 1 unspecified atom stereocenters. The smallest absolute Gasteiger partial charge is 0.408 e. The minimum absolute atomic E-state index is 0.0113. The average Bonchev–Trinajstić information content (AvgIpc) is 3.77. The molecule has 0 radical (unpaired) electrons. The van der Waals surface area contributed by atoms with E-state index in [4.69, 9.17) is 9.47 Å². The van der Waals surface area contributed by atoms with Crippen LogP contribution in [-0.2, 0) is 18.0 Å². The summed E-state index contributed by atoms with van der Waals surface area (Å²) in [6.45, 7) is 3.32. The van der Waals surface area contributed by atoms with Crippen LogP contribution in [0.5, 0.6) is 5.75 Å². The highest BCUT2D eigenvalue weighted by Crippen LogP contribution is 2.42. The van der Waals surface area contributed by atoms with Crippen LogP contribution in [0.1, 0.15) is 64.1 Å². The van der Waals surface area contributed by atoms with Crippen LogP contribution in [-0.4, -0.2) is 40.1 Å². The molecule has 2 aromatic carbocycles. The number of benzene rings is 2. The molecular weight excluding hydrogens is 561 g/mol. The van der Waals surface area contributed by atoms with Crippen LogP contribution in [0.2, 0.25) is 0 Å². The Morgan fingerprint density at radius 3 is 2.53 bits per heavy atom. The second-order valence-electron chi connectivity index (χ2n) is 11.2. The molecule has 1 atom stereocenters. The molecule has 11 heteroatoms. The van der Waals surface area contributed by atoms with Crippen molar-refractivity contribution in [2.24, 2.45) is 0 Å². The molecule has 2 N–H and O–H groups in total. The number of rotatable bonds is 11. The van der Waals surface area contributed by atoms with E-state index in [-0.39, 0.29) is 48.3 Å². The summed E-state index contributed by atoms with van der Waals surface area (Å²) in [4.78, 5) is 30.1. The third-order valence-corrected chi connectivity index (χ3v) is 7.37. The lowest BCUT2D eigenvalue weighted by atomic mass is 10.1. The van der Waals surface area contributed by atoms with Gasteiger partial charge in [0.2, 0.25) is 0 Å². The Kier molecular flexibility index (Phi) is 8.61. The van der Waals surface area contributed by atoms with Gasteiger partial charge in [-0.3, -0.25) is 9.20 Å². The Bertz CT molecular complexity index is 1660. The Morgan fingerprint density at radius 1 is 1.09 bits per heavy atom. The number of aryl methyl sites for hydroxylation is 2. The first-order valence-electron chi connectivity index (χ1n) is 14.0. The van der Waals surface area contributed by atoms with Crippen LogP contribution >= 0.6 is 0 Å². The topological polar surface area (TPSA) is 94.0 Å². The van der Waals surface area contributed by atoms with Crippen molar-refractivity contribution in [1.82, 2.24) is 20.0 Å². The number of nitrogens with zero attached hydrogens (tertiary/aromatic N) is 2. The number of alkyl halides is 1. The molecule has 4 aromatic rings. The van der Waals surface area contributed by atoms with Crippen molar-refractivity contribution in [3.05, 3.63) is 100 Å². The number of aromatic nitrogens is 2. The number of halogens is 3. The zero-order valence-corrected chi connectivity index (χ0v) is 24.2. The first-order valence-corrected chi connectivity index (χ1v) is 14.0. The van der Waals surface area contributed by atoms with Gasteiger partial charge in [0.05, 0.1) is 16.8 Å². The van der Waals surface area contributed by atoms with Crippen LogP contribution in [0.4, 0.5) is 18.0 Å². The highest BCUT2D eigenvalue weighted by molar-refractivity contribution is 5.95. The van der Waals surface area contributed by atoms with Gasteiger partial charge in [0.15, 0.2) is 11.4 Å². The van der Waals surface area contributed by atoms with Crippen LogP contribution in [0.3, 0.4) is 0 Å². The standard InChI is InChI=1S/C32H33F3N4O4/c1-19-13-26(42-16-24-25(34)12-11-23(27(24)35)22-9-10-22)29-37-20(2)28(39(29)14-19)30(40)36-18-32(3,17-33)38-31(41)43-15-21-7-5-4-6-8-21/h4-8,11-14,22H,9-10,15-18H2,1-3H3,(H,36,40)(H,38,41). The fraction of sp³-hybridized carbons (Fsp3) is 0.344. The van der Waals surface area contributed by atoms with E-state index in [0.29, 0.717) is 16.8 Å². The quantitative estimate of drug-likeness (QED) is 0.220. The average molecular weight is 595 g/mol. The zero-order chi connectivity index (χ0) is 30.7. The summed E-state index contributed by atoms with van der Waals surface area (Å²) < 4.78 is 56.2. The third-order valence-electron chi connectivity index (χ3n) is 7.37. The van der Waals surface area contributed by atoms with Gasteiger partial charge < -0.3 is 20.1 Å². The minimum Gasteiger partial charge on any atom is -0.485 e. The van der Waals surface area contributed by atoms with Crippen molar-refractivity contribution < 1.29 is 32.2 Å². The van der Waals surface area contributed by atoms with Crippen molar-refractivity contribution in [3.8, 4) is 5.75 Å². The number of pyridine rings is 1. The highest BCUT2D eigenvalue weighted by atomic mass is 19.1. The second-order valence-corrected chi connectivity index (χ2v) is 11.2. The van der Waals surface area contributed by atoms with Crippen molar-refractivity contribution in [3.63, 3.8) is 0 Å². The first-order chi connectivity index (χ1) is 20.6. The fourth-order valence-electron chi connectivity index (χ4n) is 4.83. The SMILES string of the molecule is Cc1cc(OCc2c(F)ccc(C3CC3)c2F)c2nc(C)c(C(=O)NCC(C)(CF)NC(=O)OCc3ccccc3)n2c1. The summed E-state index contributed by atoms with van der Waals surface area (Å²) in [6.07, 6.45) is 2.60. The van der Waals surface area contributed by atoms with E-state index < -0.39 is 35.8 Å². The third kappa shape index (κ3) is 6.76. The highest BCUT2D eigenvalue weighted by Gasteiger charge is 2.31. The molecule has 0 saturated heterocycles. The summed E-state index contributed by atoms with van der Waals surface area (Å²) in [6, 6.07) is 13.5. The van der Waals surface area contributed by atoms with E-state index >= 15 is 4.39 Å². The Hall–Kier alpha value is -4.54. The van der Waals surface area contributed by atoms with Gasteiger partial charge in [-0.2, -0.15) is 0 Å². The van der Waals surface area contributed by atoms with Crippen LogP contribution in [0.15, 0.2) is 54.7 Å². The molecule has 5 rings (SSSR count). The fourth-order valence-corrected chi connectivity index (χ4v) is 4.83. The molecule has 2 amide bonds. The first kappa shape index (κ1) is 29.9. The van der Waals surface area contributed by atoms with Gasteiger partial charge in [0, 0.05) is 12.7 Å². The van der Waals surface area contributed by atoms with E-state index in [0.717, 1.165) is 18.4 Å². The molecule has 0 bridgehead atoms. The largest absolute Gasteiger partial charge is 0.485 e. The van der Waals surface area contributed by atoms with Crippen molar-refractivity contribution in [2.45, 2.75) is 58.3 Å². The van der Waals surface area contributed by atoms with Gasteiger partial charge in [-0.1, -0.05) is 36.4 Å². The zero-order valence-electron chi connectivity index (χ0n) is 24.2. The monoisotopic (exact) mass is 594 g/mol. The van der Waals surface area contributed by atoms with Gasteiger partial charge >= 0.3 is 6.09 Å². The van der Waals surface area contributed by atoms with Gasteiger partial charge in [-0.15, -0.1) is 0 Å². The van der Waals surface area contributed by atoms with Gasteiger partial charge in [-0.25, -0.2) is 22.9 Å². The van der Waals surface area contributed by atoms with Crippen LogP contribution < -0.4 is 15.4 Å². The molecule has 1 aliphatic carbocycles. The summed E-state index contributed by atoms with van der Waals surface area (Å²) in [5, 5.41) is 5.16. The second kappa shape index (κ2) is 12.4. The number of carbonyl (C=O) groups is 2. The summed E-state index contributed by atoms with van der Waals surface area (Å²) in [5.41, 5.74) is 1.18. The maximum Gasteiger partial charge on any atom is 0.408 e. The Balaban J connectivity index is 1.28. The summed E-state index contributed by atoms with van der Waals surface area (Å²) in [5.74, 6) is -1.50. The number of alkyl carbamates (subject to hydrolysis) is 1. The molecule has 2 heterocycles. The number of ether oxygens (including phenoxy) is 2. The van der Waals surface area contributed by atoms with Crippen molar-refractivity contribution in [1.29, 1.82) is 0 Å².